The van der Waals surface area contributed by atoms with Gasteiger partial charge in [0, 0.05) is 56.0 Å². The van der Waals surface area contributed by atoms with Crippen molar-refractivity contribution in [1.29, 1.82) is 0 Å². The van der Waals surface area contributed by atoms with Crippen LogP contribution in [0.3, 0.4) is 0 Å². The van der Waals surface area contributed by atoms with Gasteiger partial charge in [-0.3, -0.25) is 4.68 Å². The van der Waals surface area contributed by atoms with Gasteiger partial charge in [0.15, 0.2) is 5.65 Å². The van der Waals surface area contributed by atoms with Gasteiger partial charge in [-0.2, -0.15) is 10.2 Å². The Balaban J connectivity index is 1.34. The van der Waals surface area contributed by atoms with E-state index in [9.17, 15) is 4.39 Å². The molecule has 9 nitrogen and oxygen atoms in total. The number of benzene rings is 1. The van der Waals surface area contributed by atoms with Crippen molar-refractivity contribution in [2.24, 2.45) is 0 Å². The highest BCUT2D eigenvalue weighted by molar-refractivity contribution is 5.76. The molecule has 1 aromatic carbocycles. The highest BCUT2D eigenvalue weighted by atomic mass is 19.1. The lowest BCUT2D eigenvalue weighted by Crippen LogP contribution is -2.19. The van der Waals surface area contributed by atoms with E-state index in [4.69, 9.17) is 19.2 Å². The first-order chi connectivity index (χ1) is 16.7. The van der Waals surface area contributed by atoms with Crippen molar-refractivity contribution in [2.45, 2.75) is 25.4 Å². The Morgan fingerprint density at radius 1 is 1.15 bits per heavy atom. The summed E-state index contributed by atoms with van der Waals surface area (Å²) in [6, 6.07) is 6.66. The molecular weight excluding hydrogens is 439 g/mol. The van der Waals surface area contributed by atoms with E-state index in [0.717, 1.165) is 37.2 Å². The van der Waals surface area contributed by atoms with Crippen LogP contribution in [0.4, 0.5) is 10.2 Å². The van der Waals surface area contributed by atoms with Gasteiger partial charge in [0.1, 0.15) is 24.0 Å². The van der Waals surface area contributed by atoms with Crippen LogP contribution in [0.1, 0.15) is 24.4 Å². The molecule has 4 aromatic rings. The second kappa shape index (κ2) is 10.2. The molecule has 34 heavy (non-hydrogen) atoms. The summed E-state index contributed by atoms with van der Waals surface area (Å²) in [5.74, 6) is 0.940. The zero-order valence-corrected chi connectivity index (χ0v) is 19.0. The fourth-order valence-corrected chi connectivity index (χ4v) is 4.05. The smallest absolute Gasteiger partial charge is 0.165 e. The van der Waals surface area contributed by atoms with Crippen molar-refractivity contribution in [3.05, 3.63) is 60.4 Å². The topological polar surface area (TPSA) is 87.7 Å². The minimum atomic E-state index is -0.320. The normalized spacial score (nSPS) is 14.5. The number of aromatic nitrogens is 5. The summed E-state index contributed by atoms with van der Waals surface area (Å²) < 4.78 is 33.8. The molecule has 4 heterocycles. The number of fused-ring (bicyclic) bond motifs is 1. The number of hydrogen-bond donors (Lipinski definition) is 1. The lowest BCUT2D eigenvalue weighted by Gasteiger charge is -2.22. The monoisotopic (exact) mass is 466 g/mol. The van der Waals surface area contributed by atoms with E-state index in [1.165, 1.54) is 12.1 Å². The first-order valence-electron chi connectivity index (χ1n) is 11.3. The minimum absolute atomic E-state index is 0.320. The van der Waals surface area contributed by atoms with Crippen LogP contribution in [0.2, 0.25) is 0 Å². The molecule has 1 saturated heterocycles. The maximum Gasteiger partial charge on any atom is 0.165 e. The van der Waals surface area contributed by atoms with E-state index in [-0.39, 0.29) is 5.82 Å². The lowest BCUT2D eigenvalue weighted by atomic mass is 10.1. The maximum atomic E-state index is 13.9. The maximum absolute atomic E-state index is 13.9. The highest BCUT2D eigenvalue weighted by Crippen LogP contribution is 2.27. The molecule has 0 radical (unpaired) electrons. The highest BCUT2D eigenvalue weighted by Gasteiger charge is 2.18. The predicted octanol–water partition coefficient (Wildman–Crippen LogP) is 3.72. The average molecular weight is 467 g/mol. The Hall–Kier alpha value is -3.50. The van der Waals surface area contributed by atoms with E-state index in [0.29, 0.717) is 48.6 Å². The summed E-state index contributed by atoms with van der Waals surface area (Å²) in [7, 11) is 1.61. The van der Waals surface area contributed by atoms with Crippen LogP contribution in [0.5, 0.6) is 5.75 Å². The van der Waals surface area contributed by atoms with E-state index in [2.05, 4.69) is 15.5 Å². The molecule has 0 saturated carbocycles. The van der Waals surface area contributed by atoms with E-state index in [1.807, 2.05) is 29.3 Å². The standard InChI is InChI=1S/C24H27FN6O3/c1-32-10-11-34-22-3-2-19(25)12-17(22)13-26-23-4-7-30-24(29-23)21(15-28-30)18-14-27-31(16-18)20-5-8-33-9-6-20/h2-4,7,12,14-16,20H,5-6,8-11,13H2,1H3,(H,26,29). The summed E-state index contributed by atoms with van der Waals surface area (Å²) in [5, 5.41) is 12.3. The molecule has 1 aliphatic rings. The van der Waals surface area contributed by atoms with Gasteiger partial charge in [0.05, 0.1) is 25.0 Å². The molecule has 178 valence electrons. The summed E-state index contributed by atoms with van der Waals surface area (Å²) >= 11 is 0. The van der Waals surface area contributed by atoms with Gasteiger partial charge in [-0.15, -0.1) is 0 Å². The van der Waals surface area contributed by atoms with Crippen LogP contribution in [0.15, 0.2) is 49.1 Å². The van der Waals surface area contributed by atoms with E-state index in [1.54, 1.807) is 23.9 Å². The zero-order valence-electron chi connectivity index (χ0n) is 19.0. The number of nitrogens with zero attached hydrogens (tertiary/aromatic N) is 5. The fourth-order valence-electron chi connectivity index (χ4n) is 4.05. The second-order valence-electron chi connectivity index (χ2n) is 8.14. The molecule has 10 heteroatoms. The molecule has 0 unspecified atom stereocenters. The number of hydrogen-bond acceptors (Lipinski definition) is 7. The van der Waals surface area contributed by atoms with Gasteiger partial charge >= 0.3 is 0 Å². The van der Waals surface area contributed by atoms with Crippen LogP contribution >= 0.6 is 0 Å². The molecule has 0 amide bonds. The third kappa shape index (κ3) is 4.87. The number of anilines is 1. The van der Waals surface area contributed by atoms with Crippen LogP contribution < -0.4 is 10.1 Å². The van der Waals surface area contributed by atoms with Gasteiger partial charge in [0.25, 0.3) is 0 Å². The SMILES string of the molecule is COCCOc1ccc(F)cc1CNc1ccn2ncc(-c3cnn(C4CCOCC4)c3)c2n1. The number of rotatable bonds is 9. The van der Waals surface area contributed by atoms with Crippen molar-refractivity contribution in [3.8, 4) is 16.9 Å². The van der Waals surface area contributed by atoms with Crippen LogP contribution in [-0.4, -0.2) is 57.9 Å². The first-order valence-corrected chi connectivity index (χ1v) is 11.3. The third-order valence-corrected chi connectivity index (χ3v) is 5.87. The molecule has 5 rings (SSSR count). The van der Waals surface area contributed by atoms with Gasteiger partial charge in [-0.1, -0.05) is 0 Å². The van der Waals surface area contributed by atoms with E-state index >= 15 is 0 Å². The molecule has 0 aliphatic carbocycles. The Bertz CT molecular complexity index is 1250. The number of ether oxygens (including phenoxy) is 3. The van der Waals surface area contributed by atoms with Crippen molar-refractivity contribution < 1.29 is 18.6 Å². The summed E-state index contributed by atoms with van der Waals surface area (Å²) in [6.07, 6.45) is 9.46. The predicted molar refractivity (Wildman–Crippen MR) is 124 cm³/mol. The van der Waals surface area contributed by atoms with Gasteiger partial charge in [0.2, 0.25) is 0 Å². The lowest BCUT2D eigenvalue weighted by molar-refractivity contribution is 0.0662. The van der Waals surface area contributed by atoms with Gasteiger partial charge < -0.3 is 19.5 Å². The Morgan fingerprint density at radius 2 is 2.03 bits per heavy atom. The van der Waals surface area contributed by atoms with Gasteiger partial charge in [-0.05, 0) is 37.1 Å². The molecular formula is C24H27FN6O3. The molecule has 3 aromatic heterocycles. The largest absolute Gasteiger partial charge is 0.491 e. The molecule has 0 atom stereocenters. The molecule has 1 N–H and O–H groups in total. The third-order valence-electron chi connectivity index (χ3n) is 5.87. The van der Waals surface area contributed by atoms with Crippen molar-refractivity contribution in [3.63, 3.8) is 0 Å². The Kier molecular flexibility index (Phi) is 6.68. The summed E-state index contributed by atoms with van der Waals surface area (Å²) in [5.41, 5.74) is 3.28. The summed E-state index contributed by atoms with van der Waals surface area (Å²) in [4.78, 5) is 4.75. The minimum Gasteiger partial charge on any atom is -0.491 e. The second-order valence-corrected chi connectivity index (χ2v) is 8.14. The Morgan fingerprint density at radius 3 is 2.88 bits per heavy atom. The first kappa shape index (κ1) is 22.3. The van der Waals surface area contributed by atoms with Gasteiger partial charge in [-0.25, -0.2) is 13.9 Å². The molecule has 1 aliphatic heterocycles. The number of halogens is 1. The van der Waals surface area contributed by atoms with Crippen LogP contribution in [0, 0.1) is 5.82 Å². The molecule has 0 bridgehead atoms. The number of methoxy groups -OCH3 is 1. The Labute approximate surface area is 196 Å². The van der Waals surface area contributed by atoms with Crippen molar-refractivity contribution in [2.75, 3.05) is 38.9 Å². The van der Waals surface area contributed by atoms with Crippen molar-refractivity contribution in [1.82, 2.24) is 24.4 Å². The van der Waals surface area contributed by atoms with E-state index < -0.39 is 0 Å². The summed E-state index contributed by atoms with van der Waals surface area (Å²) in [6.45, 7) is 2.72. The molecule has 0 spiro atoms. The fraction of sp³-hybridized carbons (Fsp3) is 0.375. The number of nitrogens with one attached hydrogen (secondary N) is 1. The quantitative estimate of drug-likeness (QED) is 0.376. The van der Waals surface area contributed by atoms with Crippen LogP contribution in [-0.2, 0) is 16.0 Å². The molecule has 1 fully saturated rings. The van der Waals surface area contributed by atoms with Crippen molar-refractivity contribution >= 4 is 11.5 Å². The van der Waals surface area contributed by atoms with Crippen LogP contribution in [0.25, 0.3) is 16.8 Å². The zero-order chi connectivity index (χ0) is 23.3. The average Bonchev–Trinajstić information content (AvgIpc) is 3.51.